The topological polar surface area (TPSA) is 62.2 Å². The number of hydrogen-bond acceptors (Lipinski definition) is 4. The van der Waals surface area contributed by atoms with E-state index >= 15 is 0 Å². The first-order valence-corrected chi connectivity index (χ1v) is 8.63. The predicted molar refractivity (Wildman–Crippen MR) is 93.4 cm³/mol. The van der Waals surface area contributed by atoms with E-state index in [4.69, 9.17) is 0 Å². The first-order chi connectivity index (χ1) is 10.8. The van der Waals surface area contributed by atoms with Gasteiger partial charge in [0.1, 0.15) is 5.01 Å². The third-order valence-electron chi connectivity index (χ3n) is 3.60. The molecule has 2 rings (SSSR count). The summed E-state index contributed by atoms with van der Waals surface area (Å²) in [5, 5.41) is 15.9. The Labute approximate surface area is 141 Å². The molecule has 1 amide bonds. The van der Waals surface area contributed by atoms with Crippen molar-refractivity contribution in [2.75, 3.05) is 0 Å². The van der Waals surface area contributed by atoms with Crippen LogP contribution in [0.15, 0.2) is 35.7 Å². The Morgan fingerprint density at radius 1 is 1.30 bits per heavy atom. The molecule has 2 N–H and O–H groups in total. The van der Waals surface area contributed by atoms with Crippen molar-refractivity contribution in [3.63, 3.8) is 0 Å². The standard InChI is InChI=1S/C18H24N2O2S/c1-12(17-20-15(11-23-17)18(2,3)4)19-16(22)10-14(21)13-8-6-5-7-9-13/h5-9,11-12,14,21H,10H2,1-4H3,(H,19,22). The highest BCUT2D eigenvalue weighted by Gasteiger charge is 2.21. The van der Waals surface area contributed by atoms with Gasteiger partial charge >= 0.3 is 0 Å². The zero-order valence-electron chi connectivity index (χ0n) is 14.0. The first-order valence-electron chi connectivity index (χ1n) is 7.75. The zero-order chi connectivity index (χ0) is 17.0. The lowest BCUT2D eigenvalue weighted by atomic mass is 9.93. The van der Waals surface area contributed by atoms with E-state index in [0.717, 1.165) is 16.3 Å². The number of aliphatic hydroxyl groups is 1. The highest BCUT2D eigenvalue weighted by molar-refractivity contribution is 7.09. The lowest BCUT2D eigenvalue weighted by Crippen LogP contribution is -2.28. The van der Waals surface area contributed by atoms with Crippen molar-refractivity contribution in [3.8, 4) is 0 Å². The van der Waals surface area contributed by atoms with Gasteiger partial charge in [0.15, 0.2) is 0 Å². The molecule has 23 heavy (non-hydrogen) atoms. The zero-order valence-corrected chi connectivity index (χ0v) is 14.9. The SMILES string of the molecule is CC(NC(=O)CC(O)c1ccccc1)c1nc(C(C)(C)C)cs1. The van der Waals surface area contributed by atoms with Crippen molar-refractivity contribution in [1.29, 1.82) is 0 Å². The monoisotopic (exact) mass is 332 g/mol. The molecule has 1 aromatic heterocycles. The normalized spacial score (nSPS) is 14.3. The van der Waals surface area contributed by atoms with E-state index in [1.807, 2.05) is 42.6 Å². The quantitative estimate of drug-likeness (QED) is 0.877. The molecule has 124 valence electrons. The summed E-state index contributed by atoms with van der Waals surface area (Å²) < 4.78 is 0. The van der Waals surface area contributed by atoms with Gasteiger partial charge in [-0.05, 0) is 12.5 Å². The van der Waals surface area contributed by atoms with Gasteiger partial charge in [0, 0.05) is 10.8 Å². The molecule has 0 saturated heterocycles. The molecule has 1 heterocycles. The number of nitrogens with zero attached hydrogens (tertiary/aromatic N) is 1. The Morgan fingerprint density at radius 2 is 1.96 bits per heavy atom. The largest absolute Gasteiger partial charge is 0.388 e. The summed E-state index contributed by atoms with van der Waals surface area (Å²) in [6, 6.07) is 9.06. The number of aliphatic hydroxyl groups excluding tert-OH is 1. The van der Waals surface area contributed by atoms with Gasteiger partial charge < -0.3 is 10.4 Å². The fourth-order valence-corrected chi connectivity index (χ4v) is 3.21. The second-order valence-corrected chi connectivity index (χ2v) is 7.63. The molecule has 0 fully saturated rings. The van der Waals surface area contributed by atoms with E-state index in [9.17, 15) is 9.90 Å². The minimum atomic E-state index is -0.787. The Bertz CT molecular complexity index is 647. The summed E-state index contributed by atoms with van der Waals surface area (Å²) in [6.45, 7) is 8.26. The predicted octanol–water partition coefficient (Wildman–Crippen LogP) is 3.74. The van der Waals surface area contributed by atoms with E-state index in [1.54, 1.807) is 11.3 Å². The summed E-state index contributed by atoms with van der Waals surface area (Å²) in [5.74, 6) is -0.179. The molecule has 0 aliphatic carbocycles. The van der Waals surface area contributed by atoms with Gasteiger partial charge in [0.25, 0.3) is 0 Å². The molecule has 2 unspecified atom stereocenters. The van der Waals surface area contributed by atoms with Gasteiger partial charge in [0.2, 0.25) is 5.91 Å². The van der Waals surface area contributed by atoms with E-state index in [2.05, 4.69) is 31.1 Å². The molecular formula is C18H24N2O2S. The molecule has 1 aromatic carbocycles. The van der Waals surface area contributed by atoms with Crippen LogP contribution in [0.25, 0.3) is 0 Å². The van der Waals surface area contributed by atoms with Crippen molar-refractivity contribution in [1.82, 2.24) is 10.3 Å². The number of thiazole rings is 1. The smallest absolute Gasteiger partial charge is 0.223 e. The van der Waals surface area contributed by atoms with Crippen LogP contribution in [0.4, 0.5) is 0 Å². The molecule has 5 heteroatoms. The van der Waals surface area contributed by atoms with E-state index < -0.39 is 6.10 Å². The number of benzene rings is 1. The van der Waals surface area contributed by atoms with Crippen molar-refractivity contribution < 1.29 is 9.90 Å². The maximum absolute atomic E-state index is 12.1. The van der Waals surface area contributed by atoms with Crippen molar-refractivity contribution in [2.45, 2.75) is 51.7 Å². The Morgan fingerprint density at radius 3 is 2.52 bits per heavy atom. The van der Waals surface area contributed by atoms with Crippen LogP contribution >= 0.6 is 11.3 Å². The van der Waals surface area contributed by atoms with E-state index in [0.29, 0.717) is 0 Å². The third-order valence-corrected chi connectivity index (χ3v) is 4.63. The summed E-state index contributed by atoms with van der Waals surface area (Å²) in [5.41, 5.74) is 1.78. The lowest BCUT2D eigenvalue weighted by Gasteiger charge is -2.16. The van der Waals surface area contributed by atoms with Gasteiger partial charge in [-0.1, -0.05) is 51.1 Å². The molecule has 0 radical (unpaired) electrons. The van der Waals surface area contributed by atoms with Crippen LogP contribution in [0.5, 0.6) is 0 Å². The van der Waals surface area contributed by atoms with Crippen LogP contribution in [-0.4, -0.2) is 16.0 Å². The maximum Gasteiger partial charge on any atom is 0.223 e. The molecule has 0 aliphatic rings. The summed E-state index contributed by atoms with van der Waals surface area (Å²) in [7, 11) is 0. The number of hydrogen-bond donors (Lipinski definition) is 2. The van der Waals surface area contributed by atoms with Crippen molar-refractivity contribution in [3.05, 3.63) is 52.0 Å². The van der Waals surface area contributed by atoms with E-state index in [1.165, 1.54) is 0 Å². The molecular weight excluding hydrogens is 308 g/mol. The Hall–Kier alpha value is -1.72. The molecule has 0 aliphatic heterocycles. The Kier molecular flexibility index (Phi) is 5.55. The lowest BCUT2D eigenvalue weighted by molar-refractivity contribution is -0.123. The van der Waals surface area contributed by atoms with Crippen LogP contribution in [0.1, 0.15) is 62.5 Å². The van der Waals surface area contributed by atoms with E-state index in [-0.39, 0.29) is 23.8 Å². The fourth-order valence-electron chi connectivity index (χ4n) is 2.16. The molecule has 0 saturated carbocycles. The number of amides is 1. The molecule has 2 aromatic rings. The summed E-state index contributed by atoms with van der Waals surface area (Å²) >= 11 is 1.55. The van der Waals surface area contributed by atoms with Crippen molar-refractivity contribution >= 4 is 17.2 Å². The number of nitrogens with one attached hydrogen (secondary N) is 1. The van der Waals surface area contributed by atoms with Gasteiger partial charge in [0.05, 0.1) is 24.3 Å². The highest BCUT2D eigenvalue weighted by atomic mass is 32.1. The van der Waals surface area contributed by atoms with Gasteiger partial charge in [-0.25, -0.2) is 4.98 Å². The van der Waals surface area contributed by atoms with Crippen LogP contribution in [0.3, 0.4) is 0 Å². The summed E-state index contributed by atoms with van der Waals surface area (Å²) in [6.07, 6.45) is -0.740. The molecule has 0 spiro atoms. The number of rotatable bonds is 5. The van der Waals surface area contributed by atoms with Crippen LogP contribution in [-0.2, 0) is 10.2 Å². The summed E-state index contributed by atoms with van der Waals surface area (Å²) in [4.78, 5) is 16.7. The number of carbonyl (C=O) groups is 1. The fraction of sp³-hybridized carbons (Fsp3) is 0.444. The number of carbonyl (C=O) groups excluding carboxylic acids is 1. The minimum Gasteiger partial charge on any atom is -0.388 e. The second-order valence-electron chi connectivity index (χ2n) is 6.74. The first kappa shape index (κ1) is 17.6. The van der Waals surface area contributed by atoms with Crippen LogP contribution < -0.4 is 5.32 Å². The molecule has 2 atom stereocenters. The maximum atomic E-state index is 12.1. The average molecular weight is 332 g/mol. The third kappa shape index (κ3) is 4.88. The second kappa shape index (κ2) is 7.23. The van der Waals surface area contributed by atoms with Gasteiger partial charge in [-0.2, -0.15) is 0 Å². The minimum absolute atomic E-state index is 0.00197. The van der Waals surface area contributed by atoms with Gasteiger partial charge in [-0.3, -0.25) is 4.79 Å². The molecule has 4 nitrogen and oxygen atoms in total. The molecule has 0 bridgehead atoms. The highest BCUT2D eigenvalue weighted by Crippen LogP contribution is 2.27. The average Bonchev–Trinajstić information content (AvgIpc) is 2.98. The van der Waals surface area contributed by atoms with Crippen LogP contribution in [0, 0.1) is 0 Å². The van der Waals surface area contributed by atoms with Crippen LogP contribution in [0.2, 0.25) is 0 Å². The van der Waals surface area contributed by atoms with Crippen molar-refractivity contribution in [2.24, 2.45) is 0 Å². The Balaban J connectivity index is 1.93. The number of aromatic nitrogens is 1. The van der Waals surface area contributed by atoms with Gasteiger partial charge in [-0.15, -0.1) is 11.3 Å².